The third kappa shape index (κ3) is 5.52. The van der Waals surface area contributed by atoms with Gasteiger partial charge in [-0.2, -0.15) is 17.4 Å². The summed E-state index contributed by atoms with van der Waals surface area (Å²) in [5.41, 5.74) is -0.0170. The van der Waals surface area contributed by atoms with E-state index < -0.39 is 39.8 Å². The minimum absolute atomic E-state index is 0.215. The van der Waals surface area contributed by atoms with Crippen molar-refractivity contribution < 1.29 is 27.1 Å². The number of nitrogens with one attached hydrogen (secondary N) is 1. The fraction of sp³-hybridized carbons (Fsp3) is 0.600. The molecule has 2 aliphatic heterocycles. The summed E-state index contributed by atoms with van der Waals surface area (Å²) in [5.74, 6) is -0.737. The van der Waals surface area contributed by atoms with E-state index in [1.54, 1.807) is 30.6 Å². The van der Waals surface area contributed by atoms with Crippen LogP contribution in [0.3, 0.4) is 0 Å². The van der Waals surface area contributed by atoms with Gasteiger partial charge in [0.1, 0.15) is 17.5 Å². The Morgan fingerprint density at radius 1 is 1.06 bits per heavy atom. The summed E-state index contributed by atoms with van der Waals surface area (Å²) in [6, 6.07) is 4.00. The summed E-state index contributed by atoms with van der Waals surface area (Å²) in [7, 11) is -2.52. The van der Waals surface area contributed by atoms with Crippen LogP contribution in [-0.2, 0) is 19.7 Å². The molecule has 2 fully saturated rings. The average molecular weight is 457 g/mol. The molecule has 9 nitrogen and oxygen atoms in total. The van der Waals surface area contributed by atoms with Crippen LogP contribution in [0.15, 0.2) is 24.3 Å². The number of rotatable bonds is 2. The maximum Gasteiger partial charge on any atom is 0.410 e. The van der Waals surface area contributed by atoms with Crippen molar-refractivity contribution in [2.24, 2.45) is 0 Å². The van der Waals surface area contributed by atoms with E-state index in [0.717, 1.165) is 4.31 Å². The Labute approximate surface area is 182 Å². The predicted octanol–water partition coefficient (Wildman–Crippen LogP) is 1.48. The largest absolute Gasteiger partial charge is 0.444 e. The molecule has 31 heavy (non-hydrogen) atoms. The predicted molar refractivity (Wildman–Crippen MR) is 112 cm³/mol. The minimum atomic E-state index is -3.89. The third-order valence-corrected chi connectivity index (χ3v) is 6.96. The van der Waals surface area contributed by atoms with E-state index in [9.17, 15) is 22.4 Å². The van der Waals surface area contributed by atoms with Gasteiger partial charge in [-0.1, -0.05) is 12.1 Å². The lowest BCUT2D eigenvalue weighted by Crippen LogP contribution is -2.60. The van der Waals surface area contributed by atoms with Gasteiger partial charge in [0.15, 0.2) is 0 Å². The smallest absolute Gasteiger partial charge is 0.410 e. The summed E-state index contributed by atoms with van der Waals surface area (Å²) >= 11 is 0. The third-order valence-electron chi connectivity index (χ3n) is 5.37. The summed E-state index contributed by atoms with van der Waals surface area (Å²) < 4.78 is 47.4. The van der Waals surface area contributed by atoms with E-state index >= 15 is 0 Å². The van der Waals surface area contributed by atoms with E-state index in [-0.39, 0.29) is 25.4 Å². The Morgan fingerprint density at radius 3 is 2.16 bits per heavy atom. The van der Waals surface area contributed by atoms with Crippen molar-refractivity contribution in [1.29, 1.82) is 0 Å². The molecule has 1 N–H and O–H groups in total. The maximum atomic E-state index is 13.3. The van der Waals surface area contributed by atoms with Gasteiger partial charge < -0.3 is 14.5 Å². The number of carbonyl (C=O) groups is 2. The molecule has 0 aliphatic carbocycles. The van der Waals surface area contributed by atoms with Crippen molar-refractivity contribution >= 4 is 22.2 Å². The van der Waals surface area contributed by atoms with Crippen LogP contribution < -0.4 is 4.72 Å². The van der Waals surface area contributed by atoms with Gasteiger partial charge in [0.05, 0.1) is 0 Å². The molecule has 1 aromatic carbocycles. The van der Waals surface area contributed by atoms with Crippen molar-refractivity contribution in [1.82, 2.24) is 18.8 Å². The van der Waals surface area contributed by atoms with Gasteiger partial charge in [-0.3, -0.25) is 4.79 Å². The number of benzene rings is 1. The van der Waals surface area contributed by atoms with Gasteiger partial charge in [-0.15, -0.1) is 0 Å². The molecule has 2 heterocycles. The highest BCUT2D eigenvalue weighted by atomic mass is 32.2. The minimum Gasteiger partial charge on any atom is -0.444 e. The molecule has 2 aliphatic rings. The number of ether oxygens (including phenoxy) is 1. The van der Waals surface area contributed by atoms with Gasteiger partial charge >= 0.3 is 6.09 Å². The molecule has 1 aromatic rings. The molecule has 0 saturated carbocycles. The second kappa shape index (κ2) is 8.71. The molecule has 0 aromatic heterocycles. The molecule has 0 unspecified atom stereocenters. The normalized spacial score (nSPS) is 24.7. The first-order valence-corrected chi connectivity index (χ1v) is 11.6. The number of halogens is 1. The standard InChI is InChI=1S/C20H29FN4O5S/c1-20(2,3)30-19(27)25-11-9-24(10-12-25)18(26)17-13-16(22-31(28,29)23(17)4)14-5-7-15(21)8-6-14/h5-8,16-17,22H,9-13H2,1-4H3/t16-,17+/m0/s1. The van der Waals surface area contributed by atoms with Gasteiger partial charge in [0.25, 0.3) is 10.2 Å². The Kier molecular flexibility index (Phi) is 6.59. The highest BCUT2D eigenvalue weighted by Gasteiger charge is 2.42. The van der Waals surface area contributed by atoms with Gasteiger partial charge in [-0.25, -0.2) is 9.18 Å². The zero-order valence-corrected chi connectivity index (χ0v) is 19.0. The lowest BCUT2D eigenvalue weighted by atomic mass is 9.99. The van der Waals surface area contributed by atoms with Crippen LogP contribution in [0, 0.1) is 5.82 Å². The van der Waals surface area contributed by atoms with Crippen LogP contribution in [0.4, 0.5) is 9.18 Å². The molecule has 0 spiro atoms. The fourth-order valence-corrected chi connectivity index (χ4v) is 4.92. The van der Waals surface area contributed by atoms with Gasteiger partial charge in [0, 0.05) is 39.3 Å². The maximum absolute atomic E-state index is 13.3. The average Bonchev–Trinajstić information content (AvgIpc) is 2.69. The number of amides is 2. The van der Waals surface area contributed by atoms with E-state index in [0.29, 0.717) is 18.7 Å². The van der Waals surface area contributed by atoms with Crippen LogP contribution in [0.1, 0.15) is 38.8 Å². The monoisotopic (exact) mass is 456 g/mol. The van der Waals surface area contributed by atoms with Crippen molar-refractivity contribution in [2.45, 2.75) is 44.9 Å². The molecule has 0 bridgehead atoms. The zero-order chi connectivity index (χ0) is 23.0. The highest BCUT2D eigenvalue weighted by molar-refractivity contribution is 7.87. The molecule has 2 atom stereocenters. The van der Waals surface area contributed by atoms with Crippen molar-refractivity contribution in [2.75, 3.05) is 33.2 Å². The van der Waals surface area contributed by atoms with Crippen LogP contribution in [0.25, 0.3) is 0 Å². The summed E-state index contributed by atoms with van der Waals surface area (Å²) in [5, 5.41) is 0. The number of carbonyl (C=O) groups excluding carboxylic acids is 2. The topological polar surface area (TPSA) is 99.3 Å². The molecule has 2 amide bonds. The Bertz CT molecular complexity index is 924. The number of nitrogens with zero attached hydrogens (tertiary/aromatic N) is 3. The zero-order valence-electron chi connectivity index (χ0n) is 18.2. The molecule has 3 rings (SSSR count). The van der Waals surface area contributed by atoms with Gasteiger partial charge in [-0.05, 0) is 44.9 Å². The second-order valence-electron chi connectivity index (χ2n) is 8.79. The second-order valence-corrected chi connectivity index (χ2v) is 10.5. The molecule has 11 heteroatoms. The number of likely N-dealkylation sites (N-methyl/N-ethyl adjacent to an activating group) is 1. The Morgan fingerprint density at radius 2 is 1.61 bits per heavy atom. The summed E-state index contributed by atoms with van der Waals surface area (Å²) in [4.78, 5) is 28.5. The van der Waals surface area contributed by atoms with Crippen LogP contribution >= 0.6 is 0 Å². The van der Waals surface area contributed by atoms with Crippen LogP contribution in [0.5, 0.6) is 0 Å². The first-order valence-electron chi connectivity index (χ1n) is 10.1. The number of hydrogen-bond acceptors (Lipinski definition) is 5. The number of hydrogen-bond donors (Lipinski definition) is 1. The molecular weight excluding hydrogens is 427 g/mol. The van der Waals surface area contributed by atoms with Crippen molar-refractivity contribution in [3.8, 4) is 0 Å². The lowest BCUT2D eigenvalue weighted by Gasteiger charge is -2.41. The molecular formula is C20H29FN4O5S. The number of piperazine rings is 1. The van der Waals surface area contributed by atoms with Crippen molar-refractivity contribution in [3.63, 3.8) is 0 Å². The van der Waals surface area contributed by atoms with Crippen LogP contribution in [0.2, 0.25) is 0 Å². The molecule has 0 radical (unpaired) electrons. The van der Waals surface area contributed by atoms with E-state index in [2.05, 4.69) is 4.72 Å². The lowest BCUT2D eigenvalue weighted by molar-refractivity contribution is -0.137. The van der Waals surface area contributed by atoms with E-state index in [1.807, 2.05) is 0 Å². The first kappa shape index (κ1) is 23.4. The van der Waals surface area contributed by atoms with Gasteiger partial charge in [0.2, 0.25) is 5.91 Å². The molecule has 172 valence electrons. The first-order chi connectivity index (χ1) is 14.4. The Hall–Kier alpha value is -2.24. The summed E-state index contributed by atoms with van der Waals surface area (Å²) in [6.07, 6.45) is -0.218. The quantitative estimate of drug-likeness (QED) is 0.727. The van der Waals surface area contributed by atoms with E-state index in [4.69, 9.17) is 4.74 Å². The summed E-state index contributed by atoms with van der Waals surface area (Å²) in [6.45, 7) is 6.56. The van der Waals surface area contributed by atoms with E-state index in [1.165, 1.54) is 31.3 Å². The van der Waals surface area contributed by atoms with Crippen LogP contribution in [-0.4, -0.2) is 79.4 Å². The highest BCUT2D eigenvalue weighted by Crippen LogP contribution is 2.29. The fourth-order valence-electron chi connectivity index (χ4n) is 3.65. The Balaban J connectivity index is 1.68. The van der Waals surface area contributed by atoms with Crippen molar-refractivity contribution in [3.05, 3.63) is 35.6 Å². The molecule has 2 saturated heterocycles. The SMILES string of the molecule is CN1[C@@H](C(=O)N2CCN(C(=O)OC(C)(C)C)CC2)C[C@@H](c2ccc(F)cc2)NS1(=O)=O.